The van der Waals surface area contributed by atoms with Crippen LogP contribution in [0.2, 0.25) is 0 Å². The van der Waals surface area contributed by atoms with E-state index in [2.05, 4.69) is 15.6 Å². The van der Waals surface area contributed by atoms with Crippen molar-refractivity contribution in [1.29, 1.82) is 0 Å². The predicted molar refractivity (Wildman–Crippen MR) is 97.0 cm³/mol. The minimum absolute atomic E-state index is 0.0138. The Bertz CT molecular complexity index is 851. The number of carbonyl (C=O) groups excluding carboxylic acids is 2. The van der Waals surface area contributed by atoms with Crippen molar-refractivity contribution in [2.24, 2.45) is 7.05 Å². The first-order chi connectivity index (χ1) is 13.1. The number of rotatable bonds is 3. The van der Waals surface area contributed by atoms with E-state index in [9.17, 15) is 9.59 Å². The van der Waals surface area contributed by atoms with Crippen LogP contribution < -0.4 is 5.32 Å². The average molecular weight is 372 g/mol. The Balaban J connectivity index is 1.55. The highest BCUT2D eigenvalue weighted by Gasteiger charge is 2.37. The van der Waals surface area contributed by atoms with Crippen LogP contribution in [0.4, 0.5) is 0 Å². The third-order valence-electron chi connectivity index (χ3n) is 5.44. The Morgan fingerprint density at radius 2 is 2.04 bits per heavy atom. The zero-order valence-corrected chi connectivity index (χ0v) is 15.6. The van der Waals surface area contributed by atoms with Gasteiger partial charge >= 0.3 is 0 Å². The third kappa shape index (κ3) is 3.23. The van der Waals surface area contributed by atoms with Crippen LogP contribution in [-0.2, 0) is 11.8 Å². The van der Waals surface area contributed by atoms with Crippen LogP contribution in [0.5, 0.6) is 0 Å². The van der Waals surface area contributed by atoms with E-state index in [1.807, 2.05) is 18.9 Å². The van der Waals surface area contributed by atoms with Crippen molar-refractivity contribution >= 4 is 11.8 Å². The second-order valence-electron chi connectivity index (χ2n) is 7.09. The number of likely N-dealkylation sites (tertiary alicyclic amines) is 1. The maximum Gasteiger partial charge on any atom is 0.276 e. The van der Waals surface area contributed by atoms with Crippen LogP contribution in [0.15, 0.2) is 16.8 Å². The minimum Gasteiger partial charge on any atom is -0.355 e. The van der Waals surface area contributed by atoms with Crippen LogP contribution in [0, 0.1) is 6.92 Å². The van der Waals surface area contributed by atoms with Gasteiger partial charge in [-0.25, -0.2) is 0 Å². The Hall–Kier alpha value is -2.68. The van der Waals surface area contributed by atoms with Gasteiger partial charge < -0.3 is 19.6 Å². The number of piperazine rings is 1. The summed E-state index contributed by atoms with van der Waals surface area (Å²) >= 11 is 0. The number of hydrogen-bond donors (Lipinski definition) is 1. The van der Waals surface area contributed by atoms with Gasteiger partial charge in [0.1, 0.15) is 6.04 Å². The number of hydrogen-bond acceptors (Lipinski definition) is 6. The normalized spacial score (nSPS) is 20.3. The average Bonchev–Trinajstić information content (AvgIpc) is 3.43. The van der Waals surface area contributed by atoms with E-state index in [-0.39, 0.29) is 17.5 Å². The van der Waals surface area contributed by atoms with E-state index in [0.717, 1.165) is 37.2 Å². The summed E-state index contributed by atoms with van der Waals surface area (Å²) < 4.78 is 7.13. The fraction of sp³-hybridized carbons (Fsp3) is 0.556. The van der Waals surface area contributed by atoms with Gasteiger partial charge in [-0.3, -0.25) is 14.3 Å². The number of nitrogens with zero attached hydrogens (tertiary/aromatic N) is 5. The van der Waals surface area contributed by atoms with Crippen molar-refractivity contribution in [3.63, 3.8) is 0 Å². The molecular formula is C18H24N6O3. The largest absolute Gasteiger partial charge is 0.355 e. The summed E-state index contributed by atoms with van der Waals surface area (Å²) in [6.07, 6.45) is 3.74. The first-order valence-corrected chi connectivity index (χ1v) is 9.32. The molecule has 27 heavy (non-hydrogen) atoms. The summed E-state index contributed by atoms with van der Waals surface area (Å²) in [5.74, 6) is 0.243. The molecule has 4 heterocycles. The van der Waals surface area contributed by atoms with E-state index in [1.165, 1.54) is 0 Å². The summed E-state index contributed by atoms with van der Waals surface area (Å²) in [6.45, 7) is 5.05. The number of aromatic nitrogens is 3. The molecule has 9 nitrogen and oxygen atoms in total. The maximum absolute atomic E-state index is 13.0. The van der Waals surface area contributed by atoms with E-state index < -0.39 is 6.04 Å². The Kier molecular flexibility index (Phi) is 4.69. The fourth-order valence-corrected chi connectivity index (χ4v) is 3.71. The van der Waals surface area contributed by atoms with Gasteiger partial charge in [0.05, 0.1) is 11.8 Å². The molecule has 0 radical (unpaired) electrons. The van der Waals surface area contributed by atoms with Gasteiger partial charge in [0.25, 0.3) is 5.91 Å². The van der Waals surface area contributed by atoms with Gasteiger partial charge in [-0.05, 0) is 19.8 Å². The van der Waals surface area contributed by atoms with Crippen LogP contribution >= 0.6 is 0 Å². The van der Waals surface area contributed by atoms with Gasteiger partial charge in [-0.1, -0.05) is 5.16 Å². The highest BCUT2D eigenvalue weighted by atomic mass is 16.5. The van der Waals surface area contributed by atoms with E-state index in [0.29, 0.717) is 25.4 Å². The van der Waals surface area contributed by atoms with Gasteiger partial charge in [0, 0.05) is 51.5 Å². The summed E-state index contributed by atoms with van der Waals surface area (Å²) in [5, 5.41) is 11.4. The molecule has 1 N–H and O–H groups in total. The molecule has 2 fully saturated rings. The van der Waals surface area contributed by atoms with Crippen molar-refractivity contribution in [3.8, 4) is 11.3 Å². The number of nitrogens with one attached hydrogen (secondary N) is 1. The molecule has 9 heteroatoms. The maximum atomic E-state index is 13.0. The summed E-state index contributed by atoms with van der Waals surface area (Å²) in [4.78, 5) is 29.4. The lowest BCUT2D eigenvalue weighted by Gasteiger charge is -2.36. The molecule has 0 bridgehead atoms. The molecule has 0 aliphatic carbocycles. The van der Waals surface area contributed by atoms with Crippen molar-refractivity contribution in [2.45, 2.75) is 25.8 Å². The molecule has 144 valence electrons. The molecule has 2 saturated heterocycles. The van der Waals surface area contributed by atoms with Gasteiger partial charge in [0.2, 0.25) is 5.91 Å². The molecule has 0 spiro atoms. The lowest BCUT2D eigenvalue weighted by Crippen LogP contribution is -2.59. The molecule has 2 amide bonds. The number of carbonyl (C=O) groups is 2. The van der Waals surface area contributed by atoms with Gasteiger partial charge in [-0.2, -0.15) is 5.10 Å². The van der Waals surface area contributed by atoms with Gasteiger partial charge in [0.15, 0.2) is 11.5 Å². The molecule has 2 aliphatic heterocycles. The molecule has 1 atom stereocenters. The van der Waals surface area contributed by atoms with Crippen molar-refractivity contribution in [2.75, 3.05) is 32.7 Å². The lowest BCUT2D eigenvalue weighted by atomic mass is 10.1. The predicted octanol–water partition coefficient (Wildman–Crippen LogP) is 0.420. The number of aryl methyl sites for hydroxylation is 1. The SMILES string of the molecule is Cc1c(-c2cc(C(=O)N3CCNCC3C(=O)N3CCCC3)no2)cnn1C. The molecule has 2 aromatic rings. The molecule has 2 aliphatic rings. The molecule has 0 saturated carbocycles. The quantitative estimate of drug-likeness (QED) is 0.839. The third-order valence-corrected chi connectivity index (χ3v) is 5.44. The second-order valence-corrected chi connectivity index (χ2v) is 7.09. The van der Waals surface area contributed by atoms with Gasteiger partial charge in [-0.15, -0.1) is 0 Å². The van der Waals surface area contributed by atoms with E-state index >= 15 is 0 Å². The first kappa shape index (κ1) is 17.7. The summed E-state index contributed by atoms with van der Waals surface area (Å²) in [5.41, 5.74) is 1.94. The molecule has 2 aromatic heterocycles. The van der Waals surface area contributed by atoms with Crippen molar-refractivity contribution in [1.82, 2.24) is 30.1 Å². The highest BCUT2D eigenvalue weighted by molar-refractivity contribution is 5.97. The Labute approximate surface area is 157 Å². The van der Waals surface area contributed by atoms with Crippen molar-refractivity contribution in [3.05, 3.63) is 23.7 Å². The summed E-state index contributed by atoms with van der Waals surface area (Å²) in [6, 6.07) is 1.14. The highest BCUT2D eigenvalue weighted by Crippen LogP contribution is 2.24. The fourth-order valence-electron chi connectivity index (χ4n) is 3.71. The standard InChI is InChI=1S/C18H24N6O3/c1-12-13(10-20-22(12)2)16-9-14(21-27-16)17(25)24-8-5-19-11-15(24)18(26)23-6-3-4-7-23/h9-10,15,19H,3-8,11H2,1-2H3. The smallest absolute Gasteiger partial charge is 0.276 e. The van der Waals surface area contributed by atoms with E-state index in [4.69, 9.17) is 4.52 Å². The Morgan fingerprint density at radius 3 is 2.74 bits per heavy atom. The first-order valence-electron chi connectivity index (χ1n) is 9.32. The van der Waals surface area contributed by atoms with Crippen LogP contribution in [0.1, 0.15) is 29.0 Å². The zero-order chi connectivity index (χ0) is 19.0. The van der Waals surface area contributed by atoms with Crippen molar-refractivity contribution < 1.29 is 14.1 Å². The molecule has 0 aromatic carbocycles. The zero-order valence-electron chi connectivity index (χ0n) is 15.6. The van der Waals surface area contributed by atoms with E-state index in [1.54, 1.807) is 21.8 Å². The topological polar surface area (TPSA) is 96.5 Å². The Morgan fingerprint density at radius 1 is 1.26 bits per heavy atom. The second kappa shape index (κ2) is 7.15. The molecular weight excluding hydrogens is 348 g/mol. The lowest BCUT2D eigenvalue weighted by molar-refractivity contribution is -0.135. The van der Waals surface area contributed by atoms with Crippen LogP contribution in [0.25, 0.3) is 11.3 Å². The summed E-state index contributed by atoms with van der Waals surface area (Å²) in [7, 11) is 1.84. The van der Waals surface area contributed by atoms with Crippen LogP contribution in [0.3, 0.4) is 0 Å². The molecule has 1 unspecified atom stereocenters. The minimum atomic E-state index is -0.496. The van der Waals surface area contributed by atoms with Crippen LogP contribution in [-0.4, -0.2) is 75.3 Å². The number of amides is 2. The monoisotopic (exact) mass is 372 g/mol. The molecule has 4 rings (SSSR count).